The molecule has 0 bridgehead atoms. The van der Waals surface area contributed by atoms with Crippen molar-refractivity contribution in [2.45, 2.75) is 25.3 Å². The molecule has 1 aromatic heterocycles. The lowest BCUT2D eigenvalue weighted by atomic mass is 9.90. The maximum absolute atomic E-state index is 12.3. The highest BCUT2D eigenvalue weighted by Gasteiger charge is 2.41. The molecule has 0 unspecified atom stereocenters. The van der Waals surface area contributed by atoms with Gasteiger partial charge in [0.25, 0.3) is 5.91 Å². The Balaban J connectivity index is 2.15. The minimum Gasteiger partial charge on any atom is -0.480 e. The number of aromatic nitrogens is 1. The summed E-state index contributed by atoms with van der Waals surface area (Å²) in [7, 11) is 0. The lowest BCUT2D eigenvalue weighted by molar-refractivity contribution is -0.148. The van der Waals surface area contributed by atoms with Crippen LogP contribution in [0.15, 0.2) is 18.3 Å². The molecule has 1 fully saturated rings. The van der Waals surface area contributed by atoms with E-state index in [2.05, 4.69) is 10.3 Å². The van der Waals surface area contributed by atoms with Crippen molar-refractivity contribution < 1.29 is 24.2 Å². The summed E-state index contributed by atoms with van der Waals surface area (Å²) in [5.74, 6) is -1.16. The van der Waals surface area contributed by atoms with Crippen LogP contribution in [0.1, 0.15) is 30.1 Å². The summed E-state index contributed by atoms with van der Waals surface area (Å²) in [6.45, 7) is 2.88. The zero-order chi connectivity index (χ0) is 15.3. The van der Waals surface area contributed by atoms with E-state index in [-0.39, 0.29) is 12.8 Å². The lowest BCUT2D eigenvalue weighted by Crippen LogP contribution is -2.57. The Kier molecular flexibility index (Phi) is 4.74. The number of ether oxygens (including phenoxy) is 2. The van der Waals surface area contributed by atoms with E-state index >= 15 is 0 Å². The van der Waals surface area contributed by atoms with Gasteiger partial charge in [0.2, 0.25) is 5.88 Å². The molecule has 0 spiro atoms. The maximum Gasteiger partial charge on any atom is 0.329 e. The summed E-state index contributed by atoms with van der Waals surface area (Å²) in [5, 5.41) is 12.0. The van der Waals surface area contributed by atoms with E-state index < -0.39 is 17.4 Å². The van der Waals surface area contributed by atoms with Crippen LogP contribution in [0.4, 0.5) is 0 Å². The predicted molar refractivity (Wildman–Crippen MR) is 73.3 cm³/mol. The van der Waals surface area contributed by atoms with E-state index in [0.29, 0.717) is 31.3 Å². The Morgan fingerprint density at radius 1 is 1.48 bits per heavy atom. The van der Waals surface area contributed by atoms with E-state index in [1.165, 1.54) is 18.3 Å². The molecule has 0 atom stereocenters. The predicted octanol–water partition coefficient (Wildman–Crippen LogP) is 0.844. The van der Waals surface area contributed by atoms with E-state index in [4.69, 9.17) is 9.47 Å². The van der Waals surface area contributed by atoms with E-state index in [1.54, 1.807) is 0 Å². The molecule has 0 aliphatic carbocycles. The van der Waals surface area contributed by atoms with Crippen molar-refractivity contribution in [3.8, 4) is 5.88 Å². The zero-order valence-corrected chi connectivity index (χ0v) is 11.8. The molecule has 1 amide bonds. The number of amides is 1. The first-order valence-electron chi connectivity index (χ1n) is 6.80. The Morgan fingerprint density at radius 2 is 2.19 bits per heavy atom. The normalized spacial score (nSPS) is 17.0. The molecule has 1 aromatic rings. The first-order valence-corrected chi connectivity index (χ1v) is 6.80. The van der Waals surface area contributed by atoms with Crippen LogP contribution in [-0.2, 0) is 9.53 Å². The molecule has 7 nitrogen and oxygen atoms in total. The van der Waals surface area contributed by atoms with Crippen molar-refractivity contribution >= 4 is 11.9 Å². The van der Waals surface area contributed by atoms with Gasteiger partial charge in [0.1, 0.15) is 5.54 Å². The van der Waals surface area contributed by atoms with E-state index in [1.807, 2.05) is 6.92 Å². The van der Waals surface area contributed by atoms with Crippen LogP contribution in [0.5, 0.6) is 5.88 Å². The average molecular weight is 294 g/mol. The van der Waals surface area contributed by atoms with E-state index in [9.17, 15) is 14.7 Å². The van der Waals surface area contributed by atoms with Crippen molar-refractivity contribution in [2.24, 2.45) is 0 Å². The fourth-order valence-electron chi connectivity index (χ4n) is 2.18. The van der Waals surface area contributed by atoms with Crippen molar-refractivity contribution in [2.75, 3.05) is 19.8 Å². The van der Waals surface area contributed by atoms with Crippen molar-refractivity contribution in [3.05, 3.63) is 23.9 Å². The Hall–Kier alpha value is -2.15. The number of aliphatic carboxylic acids is 1. The second kappa shape index (κ2) is 6.53. The van der Waals surface area contributed by atoms with Gasteiger partial charge >= 0.3 is 5.97 Å². The zero-order valence-electron chi connectivity index (χ0n) is 11.8. The third kappa shape index (κ3) is 3.49. The molecule has 0 saturated carbocycles. The molecule has 0 aromatic carbocycles. The highest BCUT2D eigenvalue weighted by molar-refractivity contribution is 5.98. The Morgan fingerprint density at radius 3 is 2.81 bits per heavy atom. The number of carbonyl (C=O) groups is 2. The van der Waals surface area contributed by atoms with Crippen LogP contribution < -0.4 is 10.1 Å². The van der Waals surface area contributed by atoms with Gasteiger partial charge in [-0.2, -0.15) is 0 Å². The van der Waals surface area contributed by atoms with Crippen LogP contribution in [0, 0.1) is 0 Å². The van der Waals surface area contributed by atoms with Gasteiger partial charge in [-0.25, -0.2) is 9.78 Å². The molecule has 1 saturated heterocycles. The van der Waals surface area contributed by atoms with Crippen LogP contribution in [-0.4, -0.2) is 47.3 Å². The van der Waals surface area contributed by atoms with Crippen molar-refractivity contribution in [3.63, 3.8) is 0 Å². The van der Waals surface area contributed by atoms with Gasteiger partial charge < -0.3 is 19.9 Å². The van der Waals surface area contributed by atoms with Crippen LogP contribution in [0.3, 0.4) is 0 Å². The van der Waals surface area contributed by atoms with Crippen molar-refractivity contribution in [1.82, 2.24) is 10.3 Å². The number of carbonyl (C=O) groups excluding carboxylic acids is 1. The van der Waals surface area contributed by atoms with Crippen LogP contribution in [0.25, 0.3) is 0 Å². The van der Waals surface area contributed by atoms with Gasteiger partial charge in [-0.15, -0.1) is 0 Å². The smallest absolute Gasteiger partial charge is 0.329 e. The second-order valence-electron chi connectivity index (χ2n) is 4.77. The van der Waals surface area contributed by atoms with Crippen LogP contribution >= 0.6 is 0 Å². The molecule has 7 heteroatoms. The van der Waals surface area contributed by atoms with Gasteiger partial charge in [-0.3, -0.25) is 4.79 Å². The molecule has 2 N–H and O–H groups in total. The number of nitrogens with one attached hydrogen (secondary N) is 1. The topological polar surface area (TPSA) is 97.8 Å². The molecule has 1 aliphatic rings. The van der Waals surface area contributed by atoms with E-state index in [0.717, 1.165) is 0 Å². The summed E-state index contributed by atoms with van der Waals surface area (Å²) < 4.78 is 10.4. The molecular weight excluding hydrogens is 276 g/mol. The SMILES string of the molecule is CCOc1cc(C(=O)NC2(C(=O)O)CCOCC2)ccn1. The molecule has 0 radical (unpaired) electrons. The quantitative estimate of drug-likeness (QED) is 0.835. The average Bonchev–Trinajstić information content (AvgIpc) is 2.48. The summed E-state index contributed by atoms with van der Waals surface area (Å²) in [4.78, 5) is 27.8. The molecular formula is C14H18N2O5. The third-order valence-electron chi connectivity index (χ3n) is 3.40. The Labute approximate surface area is 122 Å². The minimum absolute atomic E-state index is 0.247. The van der Waals surface area contributed by atoms with Crippen molar-refractivity contribution in [1.29, 1.82) is 0 Å². The summed E-state index contributed by atoms with van der Waals surface area (Å²) >= 11 is 0. The largest absolute Gasteiger partial charge is 0.480 e. The molecule has 1 aliphatic heterocycles. The Bertz CT molecular complexity index is 526. The number of pyridine rings is 1. The maximum atomic E-state index is 12.3. The summed E-state index contributed by atoms with van der Waals surface area (Å²) in [6, 6.07) is 3.01. The molecule has 21 heavy (non-hydrogen) atoms. The van der Waals surface area contributed by atoms with Crippen LogP contribution in [0.2, 0.25) is 0 Å². The highest BCUT2D eigenvalue weighted by atomic mass is 16.5. The third-order valence-corrected chi connectivity index (χ3v) is 3.40. The van der Waals surface area contributed by atoms with Gasteiger partial charge in [0.15, 0.2) is 0 Å². The second-order valence-corrected chi connectivity index (χ2v) is 4.77. The number of hydrogen-bond acceptors (Lipinski definition) is 5. The number of carboxylic acids is 1. The van der Waals surface area contributed by atoms with Gasteiger partial charge in [-0.05, 0) is 13.0 Å². The molecule has 2 rings (SSSR count). The number of hydrogen-bond donors (Lipinski definition) is 2. The number of nitrogens with zero attached hydrogens (tertiary/aromatic N) is 1. The molecule has 114 valence electrons. The van der Waals surface area contributed by atoms with Gasteiger partial charge in [0, 0.05) is 43.9 Å². The monoisotopic (exact) mass is 294 g/mol. The number of carboxylic acid groups (broad SMARTS) is 1. The standard InChI is InChI=1S/C14H18N2O5/c1-2-21-11-9-10(3-6-15-11)12(17)16-14(13(18)19)4-7-20-8-5-14/h3,6,9H,2,4-5,7-8H2,1H3,(H,16,17)(H,18,19). The number of rotatable bonds is 5. The first kappa shape index (κ1) is 15.2. The van der Waals surface area contributed by atoms with Gasteiger partial charge in [-0.1, -0.05) is 0 Å². The summed E-state index contributed by atoms with van der Waals surface area (Å²) in [5.41, 5.74) is -0.953. The first-order chi connectivity index (χ1) is 10.1. The fourth-order valence-corrected chi connectivity index (χ4v) is 2.18. The summed E-state index contributed by atoms with van der Waals surface area (Å²) in [6.07, 6.45) is 1.95. The highest BCUT2D eigenvalue weighted by Crippen LogP contribution is 2.22. The van der Waals surface area contributed by atoms with Gasteiger partial charge in [0.05, 0.1) is 6.61 Å². The lowest BCUT2D eigenvalue weighted by Gasteiger charge is -2.33. The fraction of sp³-hybridized carbons (Fsp3) is 0.500. The minimum atomic E-state index is -1.27. The molecule has 2 heterocycles.